The fraction of sp³-hybridized carbons (Fsp3) is 0.571. The van der Waals surface area contributed by atoms with Crippen LogP contribution in [0.4, 0.5) is 0 Å². The summed E-state index contributed by atoms with van der Waals surface area (Å²) in [6, 6.07) is 3.92. The molecule has 1 saturated heterocycles. The number of nitrogens with zero attached hydrogens (tertiary/aromatic N) is 3. The Balaban J connectivity index is 1.66. The number of carbonyl (C=O) groups excluding carboxylic acids is 1. The number of piperazine rings is 1. The molecule has 120 valence electrons. The molecular formula is C14H20N4O3S. The molecule has 0 radical (unpaired) electrons. The Morgan fingerprint density at radius 2 is 2.05 bits per heavy atom. The lowest BCUT2D eigenvalue weighted by molar-refractivity contribution is -0.134. The van der Waals surface area contributed by atoms with Gasteiger partial charge in [-0.15, -0.1) is 0 Å². The van der Waals surface area contributed by atoms with Crippen molar-refractivity contribution in [2.75, 3.05) is 33.2 Å². The molecular weight excluding hydrogens is 304 g/mol. The average Bonchev–Trinajstić information content (AvgIpc) is 2.98. The number of nitrogens with one attached hydrogen (secondary N) is 1. The lowest BCUT2D eigenvalue weighted by Crippen LogP contribution is -2.53. The number of aromatic nitrogens is 1. The third-order valence-corrected chi connectivity index (χ3v) is 5.97. The molecule has 1 aliphatic carbocycles. The van der Waals surface area contributed by atoms with E-state index in [0.29, 0.717) is 26.2 Å². The monoisotopic (exact) mass is 324 g/mol. The van der Waals surface area contributed by atoms with Gasteiger partial charge in [0, 0.05) is 39.4 Å². The van der Waals surface area contributed by atoms with Gasteiger partial charge < -0.3 is 4.90 Å². The highest BCUT2D eigenvalue weighted by atomic mass is 32.2. The Morgan fingerprint density at radius 1 is 1.32 bits per heavy atom. The van der Waals surface area contributed by atoms with Gasteiger partial charge in [-0.1, -0.05) is 6.07 Å². The van der Waals surface area contributed by atoms with Crippen molar-refractivity contribution in [3.05, 3.63) is 29.6 Å². The van der Waals surface area contributed by atoms with Gasteiger partial charge >= 0.3 is 0 Å². The van der Waals surface area contributed by atoms with Crippen LogP contribution in [0.1, 0.15) is 23.6 Å². The SMILES string of the molecule is CNS(=O)(=O)N1CCN(C(=O)C2CCc3cccnc32)CC1. The Hall–Kier alpha value is -1.51. The number of rotatable bonds is 3. The van der Waals surface area contributed by atoms with E-state index in [0.717, 1.165) is 24.1 Å². The van der Waals surface area contributed by atoms with Crippen molar-refractivity contribution in [1.29, 1.82) is 0 Å². The molecule has 8 heteroatoms. The zero-order valence-electron chi connectivity index (χ0n) is 12.5. The second-order valence-corrected chi connectivity index (χ2v) is 7.45. The summed E-state index contributed by atoms with van der Waals surface area (Å²) in [6.45, 7) is 1.52. The third-order valence-electron chi connectivity index (χ3n) is 4.40. The van der Waals surface area contributed by atoms with Gasteiger partial charge in [0.15, 0.2) is 0 Å². The molecule has 3 rings (SSSR count). The van der Waals surface area contributed by atoms with Crippen molar-refractivity contribution in [3.8, 4) is 0 Å². The summed E-state index contributed by atoms with van der Waals surface area (Å²) in [5.74, 6) is -0.109. The minimum atomic E-state index is -3.41. The summed E-state index contributed by atoms with van der Waals surface area (Å²) in [5, 5.41) is 0. The molecule has 1 atom stereocenters. The Labute approximate surface area is 130 Å². The summed E-state index contributed by atoms with van der Waals surface area (Å²) in [5.41, 5.74) is 2.04. The van der Waals surface area contributed by atoms with Gasteiger partial charge in [-0.25, -0.2) is 4.72 Å². The van der Waals surface area contributed by atoms with Crippen molar-refractivity contribution < 1.29 is 13.2 Å². The molecule has 2 heterocycles. The van der Waals surface area contributed by atoms with E-state index in [-0.39, 0.29) is 11.8 Å². The molecule has 7 nitrogen and oxygen atoms in total. The van der Waals surface area contributed by atoms with Gasteiger partial charge in [-0.3, -0.25) is 9.78 Å². The maximum Gasteiger partial charge on any atom is 0.279 e. The molecule has 0 saturated carbocycles. The van der Waals surface area contributed by atoms with Crippen LogP contribution < -0.4 is 4.72 Å². The van der Waals surface area contributed by atoms with Crippen LogP contribution in [-0.2, 0) is 21.4 Å². The van der Waals surface area contributed by atoms with Crippen LogP contribution in [0.25, 0.3) is 0 Å². The van der Waals surface area contributed by atoms with Gasteiger partial charge in [0.1, 0.15) is 0 Å². The van der Waals surface area contributed by atoms with E-state index >= 15 is 0 Å². The fourth-order valence-corrected chi connectivity index (χ4v) is 4.05. The molecule has 1 amide bonds. The van der Waals surface area contributed by atoms with Crippen LogP contribution in [0.5, 0.6) is 0 Å². The summed E-state index contributed by atoms with van der Waals surface area (Å²) >= 11 is 0. The molecule has 0 spiro atoms. The first-order chi connectivity index (χ1) is 10.5. The minimum Gasteiger partial charge on any atom is -0.339 e. The zero-order chi connectivity index (χ0) is 15.7. The normalized spacial score (nSPS) is 22.6. The quantitative estimate of drug-likeness (QED) is 0.829. The van der Waals surface area contributed by atoms with Crippen molar-refractivity contribution in [1.82, 2.24) is 18.9 Å². The molecule has 0 aromatic carbocycles. The maximum atomic E-state index is 12.7. The zero-order valence-corrected chi connectivity index (χ0v) is 13.3. The lowest BCUT2D eigenvalue weighted by Gasteiger charge is -2.34. The number of carbonyl (C=O) groups is 1. The van der Waals surface area contributed by atoms with Gasteiger partial charge in [-0.2, -0.15) is 12.7 Å². The van der Waals surface area contributed by atoms with Crippen LogP contribution in [0.15, 0.2) is 18.3 Å². The number of aryl methyl sites for hydroxylation is 1. The molecule has 1 N–H and O–H groups in total. The smallest absolute Gasteiger partial charge is 0.279 e. The third kappa shape index (κ3) is 2.73. The number of hydrogen-bond acceptors (Lipinski definition) is 4. The Morgan fingerprint density at radius 3 is 2.73 bits per heavy atom. The van der Waals surface area contributed by atoms with Crippen LogP contribution in [-0.4, -0.2) is 61.7 Å². The van der Waals surface area contributed by atoms with Gasteiger partial charge in [0.05, 0.1) is 11.6 Å². The van der Waals surface area contributed by atoms with Gasteiger partial charge in [0.25, 0.3) is 10.2 Å². The second kappa shape index (κ2) is 5.94. The first-order valence-electron chi connectivity index (χ1n) is 7.44. The van der Waals surface area contributed by atoms with Crippen molar-refractivity contribution in [3.63, 3.8) is 0 Å². The fourth-order valence-electron chi connectivity index (χ4n) is 3.15. The van der Waals surface area contributed by atoms with E-state index in [1.807, 2.05) is 12.1 Å². The summed E-state index contributed by atoms with van der Waals surface area (Å²) in [6.07, 6.45) is 3.40. The predicted molar refractivity (Wildman–Crippen MR) is 81.4 cm³/mol. The summed E-state index contributed by atoms with van der Waals surface area (Å²) in [4.78, 5) is 18.8. The van der Waals surface area contributed by atoms with E-state index in [9.17, 15) is 13.2 Å². The summed E-state index contributed by atoms with van der Waals surface area (Å²) in [7, 11) is -2.01. The van der Waals surface area contributed by atoms with Crippen molar-refractivity contribution in [2.24, 2.45) is 0 Å². The van der Waals surface area contributed by atoms with Gasteiger partial charge in [0.2, 0.25) is 5.91 Å². The average molecular weight is 324 g/mol. The van der Waals surface area contributed by atoms with Crippen molar-refractivity contribution >= 4 is 16.1 Å². The molecule has 1 unspecified atom stereocenters. The Bertz CT molecular complexity index is 668. The number of pyridine rings is 1. The molecule has 22 heavy (non-hydrogen) atoms. The highest BCUT2D eigenvalue weighted by Crippen LogP contribution is 2.32. The van der Waals surface area contributed by atoms with Crippen LogP contribution in [0.3, 0.4) is 0 Å². The molecule has 2 aliphatic rings. The van der Waals surface area contributed by atoms with Crippen LogP contribution in [0, 0.1) is 0 Å². The standard InChI is InChI=1S/C14H20N4O3S/c1-15-22(20,21)18-9-7-17(8-10-18)14(19)12-5-4-11-3-2-6-16-13(11)12/h2-3,6,12,15H,4-5,7-10H2,1H3. The van der Waals surface area contributed by atoms with E-state index in [1.165, 1.54) is 11.4 Å². The molecule has 1 aromatic rings. The molecule has 0 bridgehead atoms. The predicted octanol–water partition coefficient (Wildman–Crippen LogP) is -0.280. The Kier molecular flexibility index (Phi) is 4.16. The highest BCUT2D eigenvalue weighted by molar-refractivity contribution is 7.87. The minimum absolute atomic E-state index is 0.0685. The van der Waals surface area contributed by atoms with Crippen LogP contribution >= 0.6 is 0 Å². The van der Waals surface area contributed by atoms with Crippen LogP contribution in [0.2, 0.25) is 0 Å². The molecule has 1 fully saturated rings. The van der Waals surface area contributed by atoms with Crippen molar-refractivity contribution in [2.45, 2.75) is 18.8 Å². The lowest BCUT2D eigenvalue weighted by atomic mass is 10.0. The number of amides is 1. The van der Waals surface area contributed by atoms with E-state index in [2.05, 4.69) is 9.71 Å². The van der Waals surface area contributed by atoms with E-state index in [4.69, 9.17) is 0 Å². The first kappa shape index (κ1) is 15.4. The topological polar surface area (TPSA) is 82.6 Å². The second-order valence-electron chi connectivity index (χ2n) is 5.57. The van der Waals surface area contributed by atoms with Gasteiger partial charge in [-0.05, 0) is 24.5 Å². The molecule has 1 aliphatic heterocycles. The first-order valence-corrected chi connectivity index (χ1v) is 8.88. The number of fused-ring (bicyclic) bond motifs is 1. The molecule has 1 aromatic heterocycles. The van der Waals surface area contributed by atoms with E-state index in [1.54, 1.807) is 11.1 Å². The largest absolute Gasteiger partial charge is 0.339 e. The van der Waals surface area contributed by atoms with E-state index < -0.39 is 10.2 Å². The highest BCUT2D eigenvalue weighted by Gasteiger charge is 2.35. The number of hydrogen-bond donors (Lipinski definition) is 1. The summed E-state index contributed by atoms with van der Waals surface area (Å²) < 4.78 is 27.2. The maximum absolute atomic E-state index is 12.7.